The fourth-order valence-corrected chi connectivity index (χ4v) is 4.65. The minimum absolute atomic E-state index is 0.0214. The molecule has 1 aliphatic rings. The second-order valence-electron chi connectivity index (χ2n) is 8.83. The lowest BCUT2D eigenvalue weighted by Gasteiger charge is -2.23. The number of nitrogens with one attached hydrogen (secondary N) is 1. The van der Waals surface area contributed by atoms with E-state index in [1.165, 1.54) is 18.1 Å². The summed E-state index contributed by atoms with van der Waals surface area (Å²) in [6.45, 7) is 3.84. The van der Waals surface area contributed by atoms with Crippen LogP contribution in [0, 0.1) is 0 Å². The van der Waals surface area contributed by atoms with Crippen LogP contribution in [0.1, 0.15) is 31.0 Å². The molecule has 1 unspecified atom stereocenters. The predicted molar refractivity (Wildman–Crippen MR) is 141 cm³/mol. The van der Waals surface area contributed by atoms with Gasteiger partial charge in [0.25, 0.3) is 5.78 Å². The fraction of sp³-hybridized carbons (Fsp3) is 0.179. The van der Waals surface area contributed by atoms with Crippen molar-refractivity contribution in [2.45, 2.75) is 26.0 Å². The SMILES string of the molecule is COc1ccc(/C(O)=C2\C(=O)C(=O)N(c3nc4ccccc4[nH]3)C2c2ccc(OC(C)C)cc2)cc1Cl. The monoisotopic (exact) mass is 517 g/mol. The van der Waals surface area contributed by atoms with Crippen LogP contribution in [0.3, 0.4) is 0 Å². The summed E-state index contributed by atoms with van der Waals surface area (Å²) in [5.41, 5.74) is 2.14. The maximum atomic E-state index is 13.4. The van der Waals surface area contributed by atoms with Crippen LogP contribution in [0.4, 0.5) is 5.95 Å². The molecule has 3 aromatic carbocycles. The quantitative estimate of drug-likeness (QED) is 0.195. The Kier molecular flexibility index (Phi) is 6.35. The largest absolute Gasteiger partial charge is 0.507 e. The van der Waals surface area contributed by atoms with Crippen LogP contribution in [0.2, 0.25) is 5.02 Å². The number of carbonyl (C=O) groups excluding carboxylic acids is 2. The number of methoxy groups -OCH3 is 1. The number of aromatic amines is 1. The highest BCUT2D eigenvalue weighted by molar-refractivity contribution is 6.51. The van der Waals surface area contributed by atoms with E-state index in [1.54, 1.807) is 42.5 Å². The molecule has 0 bridgehead atoms. The van der Waals surface area contributed by atoms with Gasteiger partial charge in [0.05, 0.1) is 40.9 Å². The maximum absolute atomic E-state index is 13.4. The van der Waals surface area contributed by atoms with E-state index in [-0.39, 0.29) is 34.0 Å². The highest BCUT2D eigenvalue weighted by Crippen LogP contribution is 2.42. The second-order valence-corrected chi connectivity index (χ2v) is 9.24. The standard InChI is InChI=1S/C28H24ClN3O5/c1-15(2)37-18-11-8-16(9-12-18)24-23(25(33)17-10-13-22(36-3)19(29)14-17)26(34)27(35)32(24)28-30-20-6-4-5-7-21(20)31-28/h4-15,24,33H,1-3H3,(H,30,31)/b25-23+. The number of Topliss-reactive ketones (excluding diaryl/α,β-unsaturated/α-hetero) is 1. The number of hydrogen-bond acceptors (Lipinski definition) is 6. The topological polar surface area (TPSA) is 105 Å². The van der Waals surface area contributed by atoms with Crippen molar-refractivity contribution < 1.29 is 24.2 Å². The molecule has 188 valence electrons. The number of hydrogen-bond donors (Lipinski definition) is 2. The van der Waals surface area contributed by atoms with Crippen molar-refractivity contribution in [2.75, 3.05) is 12.0 Å². The van der Waals surface area contributed by atoms with Gasteiger partial charge in [0.1, 0.15) is 17.3 Å². The van der Waals surface area contributed by atoms with Gasteiger partial charge < -0.3 is 19.6 Å². The van der Waals surface area contributed by atoms with Crippen molar-refractivity contribution in [2.24, 2.45) is 0 Å². The number of nitrogens with zero attached hydrogens (tertiary/aromatic N) is 2. The molecule has 37 heavy (non-hydrogen) atoms. The Balaban J connectivity index is 1.68. The van der Waals surface area contributed by atoms with Crippen molar-refractivity contribution in [3.8, 4) is 11.5 Å². The van der Waals surface area contributed by atoms with E-state index in [1.807, 2.05) is 32.0 Å². The lowest BCUT2D eigenvalue weighted by molar-refractivity contribution is -0.132. The van der Waals surface area contributed by atoms with Crippen LogP contribution in [0.25, 0.3) is 16.8 Å². The number of para-hydroxylation sites is 2. The summed E-state index contributed by atoms with van der Waals surface area (Å²) < 4.78 is 10.9. The van der Waals surface area contributed by atoms with Crippen molar-refractivity contribution >= 4 is 46.0 Å². The van der Waals surface area contributed by atoms with E-state index in [2.05, 4.69) is 9.97 Å². The molecular formula is C28H24ClN3O5. The highest BCUT2D eigenvalue weighted by Gasteiger charge is 2.48. The molecule has 0 saturated carbocycles. The summed E-state index contributed by atoms with van der Waals surface area (Å²) in [5, 5.41) is 11.6. The number of H-pyrrole nitrogens is 1. The number of anilines is 1. The average molecular weight is 518 g/mol. The molecule has 2 heterocycles. The van der Waals surface area contributed by atoms with Crippen molar-refractivity contribution in [1.29, 1.82) is 0 Å². The smallest absolute Gasteiger partial charge is 0.302 e. The van der Waals surface area contributed by atoms with Gasteiger partial charge in [-0.05, 0) is 61.9 Å². The predicted octanol–water partition coefficient (Wildman–Crippen LogP) is 5.64. The average Bonchev–Trinajstić information content (AvgIpc) is 3.42. The van der Waals surface area contributed by atoms with Gasteiger partial charge in [-0.2, -0.15) is 0 Å². The molecule has 4 aromatic rings. The van der Waals surface area contributed by atoms with E-state index in [0.717, 1.165) is 0 Å². The molecule has 1 saturated heterocycles. The summed E-state index contributed by atoms with van der Waals surface area (Å²) in [6.07, 6.45) is -0.0214. The van der Waals surface area contributed by atoms with Gasteiger partial charge in [-0.3, -0.25) is 14.5 Å². The second kappa shape index (κ2) is 9.63. The number of benzene rings is 3. The minimum Gasteiger partial charge on any atom is -0.507 e. The molecule has 2 N–H and O–H groups in total. The van der Waals surface area contributed by atoms with E-state index >= 15 is 0 Å². The third kappa shape index (κ3) is 4.40. The molecule has 0 spiro atoms. The van der Waals surface area contributed by atoms with Gasteiger partial charge in [-0.15, -0.1) is 0 Å². The number of rotatable bonds is 6. The number of aliphatic hydroxyl groups is 1. The fourth-order valence-electron chi connectivity index (χ4n) is 4.39. The van der Waals surface area contributed by atoms with E-state index in [9.17, 15) is 14.7 Å². The molecule has 0 radical (unpaired) electrons. The van der Waals surface area contributed by atoms with Gasteiger partial charge in [-0.25, -0.2) is 4.98 Å². The van der Waals surface area contributed by atoms with E-state index in [0.29, 0.717) is 28.1 Å². The molecule has 8 nitrogen and oxygen atoms in total. The van der Waals surface area contributed by atoms with Crippen LogP contribution in [-0.2, 0) is 9.59 Å². The summed E-state index contributed by atoms with van der Waals surface area (Å²) in [5.74, 6) is -0.749. The van der Waals surface area contributed by atoms with Gasteiger partial charge in [0.15, 0.2) is 0 Å². The first-order valence-corrected chi connectivity index (χ1v) is 12.0. The summed E-state index contributed by atoms with van der Waals surface area (Å²) in [6, 6.07) is 18.1. The van der Waals surface area contributed by atoms with Crippen LogP contribution in [0.15, 0.2) is 72.3 Å². The number of amides is 1. The van der Waals surface area contributed by atoms with E-state index in [4.69, 9.17) is 21.1 Å². The number of carbonyl (C=O) groups is 2. The third-order valence-corrected chi connectivity index (χ3v) is 6.34. The molecular weight excluding hydrogens is 494 g/mol. The number of ketones is 1. The van der Waals surface area contributed by atoms with E-state index < -0.39 is 17.7 Å². The van der Waals surface area contributed by atoms with Gasteiger partial charge in [-0.1, -0.05) is 35.9 Å². The lowest BCUT2D eigenvalue weighted by atomic mass is 9.95. The maximum Gasteiger partial charge on any atom is 0.302 e. The molecule has 0 aliphatic carbocycles. The zero-order chi connectivity index (χ0) is 26.3. The van der Waals surface area contributed by atoms with Crippen LogP contribution in [0.5, 0.6) is 11.5 Å². The number of aliphatic hydroxyl groups excluding tert-OH is 1. The van der Waals surface area contributed by atoms with Gasteiger partial charge >= 0.3 is 5.91 Å². The van der Waals surface area contributed by atoms with Gasteiger partial charge in [0.2, 0.25) is 5.95 Å². The molecule has 1 amide bonds. The first kappa shape index (κ1) is 24.4. The normalized spacial score (nSPS) is 17.1. The van der Waals surface area contributed by atoms with Gasteiger partial charge in [0, 0.05) is 5.56 Å². The van der Waals surface area contributed by atoms with Crippen molar-refractivity contribution in [3.05, 3.63) is 88.5 Å². The Hall–Kier alpha value is -4.30. The Morgan fingerprint density at radius 3 is 2.46 bits per heavy atom. The molecule has 1 aromatic heterocycles. The summed E-state index contributed by atoms with van der Waals surface area (Å²) in [7, 11) is 1.48. The number of halogens is 1. The Morgan fingerprint density at radius 2 is 1.81 bits per heavy atom. The summed E-state index contributed by atoms with van der Waals surface area (Å²) in [4.78, 5) is 35.7. The van der Waals surface area contributed by atoms with Crippen LogP contribution < -0.4 is 14.4 Å². The number of aromatic nitrogens is 2. The Labute approximate surface area is 218 Å². The number of fused-ring (bicyclic) bond motifs is 1. The highest BCUT2D eigenvalue weighted by atomic mass is 35.5. The third-order valence-electron chi connectivity index (χ3n) is 6.04. The Morgan fingerprint density at radius 1 is 1.08 bits per heavy atom. The molecule has 5 rings (SSSR count). The summed E-state index contributed by atoms with van der Waals surface area (Å²) >= 11 is 6.28. The van der Waals surface area contributed by atoms with Crippen LogP contribution >= 0.6 is 11.6 Å². The van der Waals surface area contributed by atoms with Crippen molar-refractivity contribution in [1.82, 2.24) is 9.97 Å². The zero-order valence-electron chi connectivity index (χ0n) is 20.4. The minimum atomic E-state index is -0.950. The number of imidazole rings is 1. The first-order valence-electron chi connectivity index (χ1n) is 11.6. The molecule has 1 fully saturated rings. The molecule has 1 aliphatic heterocycles. The van der Waals surface area contributed by atoms with Crippen molar-refractivity contribution in [3.63, 3.8) is 0 Å². The molecule has 9 heteroatoms. The lowest BCUT2D eigenvalue weighted by Crippen LogP contribution is -2.30. The molecule has 1 atom stereocenters. The Bertz CT molecular complexity index is 1510. The zero-order valence-corrected chi connectivity index (χ0v) is 21.1. The number of ether oxygens (including phenoxy) is 2. The first-order chi connectivity index (χ1) is 17.8. The van der Waals surface area contributed by atoms with Crippen LogP contribution in [-0.4, -0.2) is 40.0 Å².